The van der Waals surface area contributed by atoms with Gasteiger partial charge in [-0.2, -0.15) is 5.26 Å². The molecule has 6 nitrogen and oxygen atoms in total. The Kier molecular flexibility index (Phi) is 7.43. The van der Waals surface area contributed by atoms with E-state index in [9.17, 15) is 9.59 Å². The summed E-state index contributed by atoms with van der Waals surface area (Å²) < 4.78 is 0. The van der Waals surface area contributed by atoms with Gasteiger partial charge in [0, 0.05) is 36.8 Å². The zero-order chi connectivity index (χ0) is 19.1. The van der Waals surface area contributed by atoms with Crippen molar-refractivity contribution in [2.24, 2.45) is 0 Å². The third kappa shape index (κ3) is 5.72. The van der Waals surface area contributed by atoms with Crippen LogP contribution in [0.3, 0.4) is 0 Å². The molecule has 7 heteroatoms. The monoisotopic (exact) mass is 376 g/mol. The van der Waals surface area contributed by atoms with Crippen molar-refractivity contribution in [3.63, 3.8) is 0 Å². The number of nitrogens with one attached hydrogen (secondary N) is 1. The van der Waals surface area contributed by atoms with Crippen molar-refractivity contribution in [2.45, 2.75) is 39.2 Å². The second kappa shape index (κ2) is 9.56. The summed E-state index contributed by atoms with van der Waals surface area (Å²) in [5.41, 5.74) is 1.64. The summed E-state index contributed by atoms with van der Waals surface area (Å²) in [6.45, 7) is 5.51. The molecule has 1 aliphatic heterocycles. The topological polar surface area (TPSA) is 76.4 Å². The van der Waals surface area contributed by atoms with Crippen molar-refractivity contribution in [3.05, 3.63) is 28.8 Å². The highest BCUT2D eigenvalue weighted by Crippen LogP contribution is 2.23. The van der Waals surface area contributed by atoms with Gasteiger partial charge in [-0.05, 0) is 50.1 Å². The highest BCUT2D eigenvalue weighted by molar-refractivity contribution is 6.31. The molecule has 1 heterocycles. The first-order chi connectivity index (χ1) is 12.4. The van der Waals surface area contributed by atoms with Gasteiger partial charge in [0.1, 0.15) is 0 Å². The van der Waals surface area contributed by atoms with Crippen molar-refractivity contribution in [1.29, 1.82) is 5.26 Å². The van der Waals surface area contributed by atoms with Crippen LogP contribution in [0.2, 0.25) is 5.02 Å². The number of hydrogen-bond donors (Lipinski definition) is 1. The van der Waals surface area contributed by atoms with Gasteiger partial charge in [-0.25, -0.2) is 0 Å². The molecule has 140 valence electrons. The minimum Gasteiger partial charge on any atom is -0.352 e. The fourth-order valence-corrected chi connectivity index (χ4v) is 3.35. The number of carbonyl (C=O) groups excluding carboxylic acids is 2. The number of halogens is 1. The van der Waals surface area contributed by atoms with E-state index in [1.54, 1.807) is 17.0 Å². The van der Waals surface area contributed by atoms with E-state index < -0.39 is 0 Å². The number of nitrogens with zero attached hydrogens (tertiary/aromatic N) is 3. The van der Waals surface area contributed by atoms with E-state index in [-0.39, 0.29) is 30.8 Å². The molecule has 1 atom stereocenters. The fraction of sp³-hybridized carbons (Fsp3) is 0.526. The molecule has 0 aromatic heterocycles. The number of anilines is 1. The lowest BCUT2D eigenvalue weighted by Crippen LogP contribution is -2.50. The summed E-state index contributed by atoms with van der Waals surface area (Å²) in [5.74, 6) is -0.0964. The molecule has 0 spiro atoms. The second-order valence-electron chi connectivity index (χ2n) is 6.66. The van der Waals surface area contributed by atoms with E-state index in [2.05, 4.69) is 16.3 Å². The first-order valence-electron chi connectivity index (χ1n) is 8.83. The molecule has 2 rings (SSSR count). The normalized spacial score (nSPS) is 17.4. The zero-order valence-corrected chi connectivity index (χ0v) is 16.1. The van der Waals surface area contributed by atoms with Crippen LogP contribution in [0, 0.1) is 18.3 Å². The Hall–Kier alpha value is -2.10. The van der Waals surface area contributed by atoms with Gasteiger partial charge < -0.3 is 10.2 Å². The molecule has 1 aromatic carbocycles. The third-order valence-electron chi connectivity index (χ3n) is 4.47. The standard InChI is InChI=1S/C19H25ClN4O2/c1-14-11-17(6-7-18(14)20)24(10-4-8-21)19(26)13-23-9-3-5-16(12-23)22-15(2)25/h6-7,11,16H,3-5,9-10,12-13H2,1-2H3,(H,22,25). The lowest BCUT2D eigenvalue weighted by Gasteiger charge is -2.34. The Balaban J connectivity index is 2.07. The Labute approximate surface area is 159 Å². The molecule has 0 aliphatic carbocycles. The predicted molar refractivity (Wildman–Crippen MR) is 102 cm³/mol. The van der Waals surface area contributed by atoms with Gasteiger partial charge in [-0.1, -0.05) is 11.6 Å². The van der Waals surface area contributed by atoms with E-state index in [4.69, 9.17) is 16.9 Å². The smallest absolute Gasteiger partial charge is 0.241 e. The van der Waals surface area contributed by atoms with Gasteiger partial charge in [0.2, 0.25) is 11.8 Å². The third-order valence-corrected chi connectivity index (χ3v) is 4.90. The number of nitriles is 1. The van der Waals surface area contributed by atoms with Gasteiger partial charge in [-0.3, -0.25) is 14.5 Å². The van der Waals surface area contributed by atoms with Gasteiger partial charge >= 0.3 is 0 Å². The van der Waals surface area contributed by atoms with Crippen LogP contribution in [0.4, 0.5) is 5.69 Å². The molecule has 1 aromatic rings. The predicted octanol–water partition coefficient (Wildman–Crippen LogP) is 2.50. The van der Waals surface area contributed by atoms with Crippen LogP contribution >= 0.6 is 11.6 Å². The first-order valence-corrected chi connectivity index (χ1v) is 9.21. The summed E-state index contributed by atoms with van der Waals surface area (Å²) in [5, 5.41) is 12.5. The summed E-state index contributed by atoms with van der Waals surface area (Å²) in [4.78, 5) is 27.9. The summed E-state index contributed by atoms with van der Waals surface area (Å²) in [6.07, 6.45) is 2.14. The van der Waals surface area contributed by atoms with Crippen LogP contribution in [0.5, 0.6) is 0 Å². The fourth-order valence-electron chi connectivity index (χ4n) is 3.24. The Morgan fingerprint density at radius 3 is 2.88 bits per heavy atom. The maximum absolute atomic E-state index is 12.9. The van der Waals surface area contributed by atoms with Gasteiger partial charge in [0.25, 0.3) is 0 Å². The molecule has 1 saturated heterocycles. The highest BCUT2D eigenvalue weighted by Gasteiger charge is 2.24. The largest absolute Gasteiger partial charge is 0.352 e. The van der Waals surface area contributed by atoms with Crippen molar-refractivity contribution in [3.8, 4) is 6.07 Å². The van der Waals surface area contributed by atoms with Crippen molar-refractivity contribution < 1.29 is 9.59 Å². The van der Waals surface area contributed by atoms with Crippen LogP contribution in [0.1, 0.15) is 31.7 Å². The molecular weight excluding hydrogens is 352 g/mol. The van der Waals surface area contributed by atoms with Crippen molar-refractivity contribution in [2.75, 3.05) is 31.1 Å². The number of piperidine rings is 1. The van der Waals surface area contributed by atoms with Crippen LogP contribution in [0.15, 0.2) is 18.2 Å². The summed E-state index contributed by atoms with van der Waals surface area (Å²) in [7, 11) is 0. The number of amides is 2. The number of aryl methyl sites for hydroxylation is 1. The van der Waals surface area contributed by atoms with Crippen LogP contribution in [-0.2, 0) is 9.59 Å². The Morgan fingerprint density at radius 2 is 2.23 bits per heavy atom. The molecule has 26 heavy (non-hydrogen) atoms. The SMILES string of the molecule is CC(=O)NC1CCCN(CC(=O)N(CCC#N)c2ccc(Cl)c(C)c2)C1. The Morgan fingerprint density at radius 1 is 1.46 bits per heavy atom. The van der Waals surface area contributed by atoms with Crippen molar-refractivity contribution >= 4 is 29.1 Å². The molecule has 1 aliphatic rings. The van der Waals surface area contributed by atoms with Gasteiger partial charge in [-0.15, -0.1) is 0 Å². The molecule has 1 N–H and O–H groups in total. The van der Waals surface area contributed by atoms with E-state index in [0.717, 1.165) is 30.6 Å². The second-order valence-corrected chi connectivity index (χ2v) is 7.07. The first kappa shape index (κ1) is 20.2. The molecule has 1 fully saturated rings. The molecular formula is C19H25ClN4O2. The molecule has 1 unspecified atom stereocenters. The average Bonchev–Trinajstić information content (AvgIpc) is 2.58. The van der Waals surface area contributed by atoms with E-state index in [1.165, 1.54) is 6.92 Å². The van der Waals surface area contributed by atoms with E-state index in [1.807, 2.05) is 13.0 Å². The lowest BCUT2D eigenvalue weighted by molar-refractivity contribution is -0.120. The Bertz CT molecular complexity index is 701. The maximum atomic E-state index is 12.9. The van der Waals surface area contributed by atoms with Gasteiger partial charge in [0.05, 0.1) is 19.0 Å². The van der Waals surface area contributed by atoms with E-state index in [0.29, 0.717) is 18.1 Å². The zero-order valence-electron chi connectivity index (χ0n) is 15.3. The molecule has 0 bridgehead atoms. The molecule has 0 radical (unpaired) electrons. The highest BCUT2D eigenvalue weighted by atomic mass is 35.5. The molecule has 2 amide bonds. The van der Waals surface area contributed by atoms with Crippen LogP contribution in [0.25, 0.3) is 0 Å². The average molecular weight is 377 g/mol. The molecule has 0 saturated carbocycles. The summed E-state index contributed by atoms with van der Waals surface area (Å²) >= 11 is 6.08. The number of hydrogen-bond acceptors (Lipinski definition) is 4. The number of benzene rings is 1. The van der Waals surface area contributed by atoms with Crippen molar-refractivity contribution in [1.82, 2.24) is 10.2 Å². The minimum absolute atomic E-state index is 0.0459. The van der Waals surface area contributed by atoms with Crippen LogP contribution in [-0.4, -0.2) is 48.9 Å². The number of likely N-dealkylation sites (tertiary alicyclic amines) is 1. The lowest BCUT2D eigenvalue weighted by atomic mass is 10.1. The number of rotatable bonds is 6. The van der Waals surface area contributed by atoms with E-state index >= 15 is 0 Å². The van der Waals surface area contributed by atoms with Gasteiger partial charge in [0.15, 0.2) is 0 Å². The quantitative estimate of drug-likeness (QED) is 0.827. The summed E-state index contributed by atoms with van der Waals surface area (Å²) in [6, 6.07) is 7.63. The number of carbonyl (C=O) groups is 2. The minimum atomic E-state index is -0.0505. The van der Waals surface area contributed by atoms with Crippen LogP contribution < -0.4 is 10.2 Å². The maximum Gasteiger partial charge on any atom is 0.241 e.